The highest BCUT2D eigenvalue weighted by atomic mass is 16.1. The molecule has 6 nitrogen and oxygen atoms in total. The number of aromatic nitrogens is 4. The molecule has 0 bridgehead atoms. The maximum atomic E-state index is 11.8. The molecule has 2 heterocycles. The number of aryl methyl sites for hydroxylation is 2. The zero-order valence-corrected chi connectivity index (χ0v) is 10.1. The van der Waals surface area contributed by atoms with Crippen LogP contribution in [0.25, 0.3) is 0 Å². The molecule has 0 aliphatic heterocycles. The fourth-order valence-corrected chi connectivity index (χ4v) is 1.74. The minimum absolute atomic E-state index is 0.0980. The number of carbonyl (C=O) groups is 1. The number of nitrogens with zero attached hydrogens (tertiary/aromatic N) is 3. The average Bonchev–Trinajstić information content (AvgIpc) is 2.83. The second kappa shape index (κ2) is 4.40. The number of hydrogen-bond donors (Lipinski definition) is 2. The Labute approximate surface area is 99.1 Å². The largest absolute Gasteiger partial charge is 0.331 e. The summed E-state index contributed by atoms with van der Waals surface area (Å²) in [7, 11) is 1.87. The van der Waals surface area contributed by atoms with Crippen LogP contribution in [0.5, 0.6) is 0 Å². The summed E-state index contributed by atoms with van der Waals surface area (Å²) >= 11 is 0. The first-order chi connectivity index (χ1) is 8.08. The third-order valence-electron chi connectivity index (χ3n) is 2.75. The molecular weight excluding hydrogens is 218 g/mol. The number of rotatable bonds is 3. The maximum Gasteiger partial charge on any atom is 0.231 e. The van der Waals surface area contributed by atoms with Crippen LogP contribution in [-0.4, -0.2) is 25.7 Å². The Morgan fingerprint density at radius 2 is 2.29 bits per heavy atom. The van der Waals surface area contributed by atoms with Crippen LogP contribution in [0.15, 0.2) is 12.4 Å². The molecule has 0 spiro atoms. The van der Waals surface area contributed by atoms with E-state index in [1.165, 1.54) is 0 Å². The number of amides is 1. The zero-order chi connectivity index (χ0) is 12.4. The molecule has 2 aromatic heterocycles. The van der Waals surface area contributed by atoms with Crippen LogP contribution in [0.1, 0.15) is 17.0 Å². The van der Waals surface area contributed by atoms with Gasteiger partial charge in [-0.1, -0.05) is 0 Å². The molecule has 0 aliphatic rings. The van der Waals surface area contributed by atoms with Crippen LogP contribution in [-0.2, 0) is 18.3 Å². The van der Waals surface area contributed by atoms with Gasteiger partial charge in [0, 0.05) is 30.7 Å². The van der Waals surface area contributed by atoms with Crippen molar-refractivity contribution in [3.05, 3.63) is 29.3 Å². The Hall–Kier alpha value is -2.11. The van der Waals surface area contributed by atoms with Gasteiger partial charge < -0.3 is 4.98 Å². The van der Waals surface area contributed by atoms with Crippen molar-refractivity contribution in [3.63, 3.8) is 0 Å². The lowest BCUT2D eigenvalue weighted by Crippen LogP contribution is -2.16. The van der Waals surface area contributed by atoms with Gasteiger partial charge in [0.15, 0.2) is 0 Å². The lowest BCUT2D eigenvalue weighted by atomic mass is 10.1. The minimum atomic E-state index is -0.0980. The summed E-state index contributed by atoms with van der Waals surface area (Å²) in [6, 6.07) is 0. The summed E-state index contributed by atoms with van der Waals surface area (Å²) in [6.07, 6.45) is 3.57. The quantitative estimate of drug-likeness (QED) is 0.828. The second-order valence-electron chi connectivity index (χ2n) is 3.94. The number of carbonyl (C=O) groups excluding carboxylic acids is 1. The van der Waals surface area contributed by atoms with Crippen LogP contribution in [0, 0.1) is 13.8 Å². The smallest absolute Gasteiger partial charge is 0.231 e. The molecule has 0 aliphatic carbocycles. The monoisotopic (exact) mass is 233 g/mol. The van der Waals surface area contributed by atoms with Crippen molar-refractivity contribution in [1.82, 2.24) is 19.7 Å². The molecule has 0 atom stereocenters. The first-order valence-corrected chi connectivity index (χ1v) is 5.36. The van der Waals surface area contributed by atoms with Gasteiger partial charge in [0.05, 0.1) is 12.1 Å². The fourth-order valence-electron chi connectivity index (χ4n) is 1.74. The predicted octanol–water partition coefficient (Wildman–Crippen LogP) is 0.941. The van der Waals surface area contributed by atoms with Gasteiger partial charge in [0.1, 0.15) is 0 Å². The van der Waals surface area contributed by atoms with Crippen LogP contribution >= 0.6 is 0 Å². The highest BCUT2D eigenvalue weighted by molar-refractivity contribution is 5.90. The van der Waals surface area contributed by atoms with Crippen LogP contribution in [0.2, 0.25) is 0 Å². The van der Waals surface area contributed by atoms with E-state index in [2.05, 4.69) is 20.4 Å². The van der Waals surface area contributed by atoms with E-state index < -0.39 is 0 Å². The van der Waals surface area contributed by atoms with Crippen molar-refractivity contribution in [2.24, 2.45) is 7.05 Å². The van der Waals surface area contributed by atoms with E-state index >= 15 is 0 Å². The predicted molar refractivity (Wildman–Crippen MR) is 63.6 cm³/mol. The van der Waals surface area contributed by atoms with Crippen molar-refractivity contribution >= 4 is 11.9 Å². The van der Waals surface area contributed by atoms with Gasteiger partial charge in [-0.2, -0.15) is 5.10 Å². The number of anilines is 1. The molecule has 17 heavy (non-hydrogen) atoms. The molecule has 2 aromatic rings. The normalized spacial score (nSPS) is 10.5. The van der Waals surface area contributed by atoms with Crippen LogP contribution < -0.4 is 5.32 Å². The molecule has 0 fully saturated rings. The third kappa shape index (κ3) is 2.35. The van der Waals surface area contributed by atoms with Gasteiger partial charge in [-0.25, -0.2) is 4.98 Å². The summed E-state index contributed by atoms with van der Waals surface area (Å²) in [5, 5.41) is 6.97. The lowest BCUT2D eigenvalue weighted by Gasteiger charge is -2.02. The molecular formula is C11H15N5O. The summed E-state index contributed by atoms with van der Waals surface area (Å²) in [4.78, 5) is 18.5. The van der Waals surface area contributed by atoms with Gasteiger partial charge >= 0.3 is 0 Å². The Kier molecular flexibility index (Phi) is 2.95. The van der Waals surface area contributed by atoms with Crippen molar-refractivity contribution in [2.75, 3.05) is 5.32 Å². The summed E-state index contributed by atoms with van der Waals surface area (Å²) in [6.45, 7) is 3.86. The summed E-state index contributed by atoms with van der Waals surface area (Å²) in [5.41, 5.74) is 2.87. The number of H-pyrrole nitrogens is 1. The van der Waals surface area contributed by atoms with E-state index in [9.17, 15) is 4.79 Å². The Balaban J connectivity index is 2.08. The number of imidazole rings is 1. The Bertz CT molecular complexity index is 526. The summed E-state index contributed by atoms with van der Waals surface area (Å²) < 4.78 is 1.78. The van der Waals surface area contributed by atoms with E-state index in [0.29, 0.717) is 12.4 Å². The van der Waals surface area contributed by atoms with Gasteiger partial charge in [0.2, 0.25) is 11.9 Å². The Morgan fingerprint density at radius 3 is 2.82 bits per heavy atom. The van der Waals surface area contributed by atoms with E-state index in [0.717, 1.165) is 17.0 Å². The van der Waals surface area contributed by atoms with Crippen LogP contribution in [0.3, 0.4) is 0 Å². The van der Waals surface area contributed by atoms with Crippen molar-refractivity contribution < 1.29 is 4.79 Å². The molecule has 1 amide bonds. The van der Waals surface area contributed by atoms with Crippen molar-refractivity contribution in [2.45, 2.75) is 20.3 Å². The van der Waals surface area contributed by atoms with Gasteiger partial charge in [-0.3, -0.25) is 14.8 Å². The SMILES string of the molecule is Cc1nn(C)c(C)c1CC(=O)Nc1ncc[nH]1. The number of aromatic amines is 1. The molecule has 0 saturated carbocycles. The second-order valence-corrected chi connectivity index (χ2v) is 3.94. The highest BCUT2D eigenvalue weighted by Crippen LogP contribution is 2.13. The standard InChI is InChI=1S/C11H15N5O/c1-7-9(8(2)16(3)15-7)6-10(17)14-11-12-4-5-13-11/h4-5H,6H2,1-3H3,(H2,12,13,14,17). The van der Waals surface area contributed by atoms with E-state index in [1.54, 1.807) is 17.1 Å². The van der Waals surface area contributed by atoms with Crippen molar-refractivity contribution in [1.29, 1.82) is 0 Å². The molecule has 90 valence electrons. The number of nitrogens with one attached hydrogen (secondary N) is 2. The molecule has 0 saturated heterocycles. The maximum absolute atomic E-state index is 11.8. The first kappa shape index (κ1) is 11.4. The third-order valence-corrected chi connectivity index (χ3v) is 2.75. The first-order valence-electron chi connectivity index (χ1n) is 5.36. The van der Waals surface area contributed by atoms with Gasteiger partial charge in [0.25, 0.3) is 0 Å². The van der Waals surface area contributed by atoms with Crippen LogP contribution in [0.4, 0.5) is 5.95 Å². The fraction of sp³-hybridized carbons (Fsp3) is 0.364. The molecule has 0 unspecified atom stereocenters. The molecule has 0 aromatic carbocycles. The summed E-state index contributed by atoms with van der Waals surface area (Å²) in [5.74, 6) is 0.369. The van der Waals surface area contributed by atoms with E-state index in [4.69, 9.17) is 0 Å². The Morgan fingerprint density at radius 1 is 1.53 bits per heavy atom. The zero-order valence-electron chi connectivity index (χ0n) is 10.1. The average molecular weight is 233 g/mol. The van der Waals surface area contributed by atoms with E-state index in [-0.39, 0.29) is 5.91 Å². The highest BCUT2D eigenvalue weighted by Gasteiger charge is 2.13. The lowest BCUT2D eigenvalue weighted by molar-refractivity contribution is -0.115. The topological polar surface area (TPSA) is 75.6 Å². The molecule has 2 N–H and O–H groups in total. The number of hydrogen-bond acceptors (Lipinski definition) is 3. The van der Waals surface area contributed by atoms with Gasteiger partial charge in [-0.05, 0) is 13.8 Å². The van der Waals surface area contributed by atoms with Crippen molar-refractivity contribution in [3.8, 4) is 0 Å². The molecule has 0 radical (unpaired) electrons. The molecule has 6 heteroatoms. The van der Waals surface area contributed by atoms with Gasteiger partial charge in [-0.15, -0.1) is 0 Å². The minimum Gasteiger partial charge on any atom is -0.331 e. The molecule has 2 rings (SSSR count). The van der Waals surface area contributed by atoms with E-state index in [1.807, 2.05) is 20.9 Å².